The van der Waals surface area contributed by atoms with Crippen LogP contribution in [0.4, 0.5) is 0 Å². The van der Waals surface area contributed by atoms with Gasteiger partial charge in [-0.25, -0.2) is 4.79 Å². The van der Waals surface area contributed by atoms with Gasteiger partial charge in [0.25, 0.3) is 0 Å². The number of hydrogen-bond donors (Lipinski definition) is 2. The zero-order valence-corrected chi connectivity index (χ0v) is 9.00. The van der Waals surface area contributed by atoms with E-state index in [0.29, 0.717) is 13.0 Å². The minimum Gasteiger partial charge on any atom is -0.508 e. The van der Waals surface area contributed by atoms with Gasteiger partial charge in [-0.3, -0.25) is 0 Å². The van der Waals surface area contributed by atoms with Crippen LogP contribution in [0.3, 0.4) is 0 Å². The van der Waals surface area contributed by atoms with Crippen LogP contribution in [0.1, 0.15) is 12.5 Å². The number of aromatic hydroxyl groups is 1. The van der Waals surface area contributed by atoms with E-state index in [9.17, 15) is 4.79 Å². The van der Waals surface area contributed by atoms with E-state index >= 15 is 0 Å². The van der Waals surface area contributed by atoms with Gasteiger partial charge in [-0.05, 0) is 31.0 Å². The Hall–Kier alpha value is -1.91. The van der Waals surface area contributed by atoms with Crippen LogP contribution in [-0.2, 0) is 11.2 Å². The van der Waals surface area contributed by atoms with E-state index in [-0.39, 0.29) is 5.75 Å². The molecule has 0 fully saturated rings. The standard InChI is InChI=1S/C11H14N2O3/c1-8(11(15)16)13-12-7-6-9-2-4-10(14)5-3-9/h2-5,8,14H,6-7H2,1H3,(H,15,16). The molecule has 1 aromatic rings. The van der Waals surface area contributed by atoms with Gasteiger partial charge in [-0.2, -0.15) is 10.2 Å². The Balaban J connectivity index is 2.35. The topological polar surface area (TPSA) is 82.2 Å². The second-order valence-electron chi connectivity index (χ2n) is 3.41. The summed E-state index contributed by atoms with van der Waals surface area (Å²) in [5.41, 5.74) is 1.03. The van der Waals surface area contributed by atoms with E-state index in [1.54, 1.807) is 24.3 Å². The lowest BCUT2D eigenvalue weighted by molar-refractivity contribution is -0.138. The number of phenolic OH excluding ortho intramolecular Hbond substituents is 1. The van der Waals surface area contributed by atoms with Crippen molar-refractivity contribution < 1.29 is 15.0 Å². The summed E-state index contributed by atoms with van der Waals surface area (Å²) in [7, 11) is 0. The van der Waals surface area contributed by atoms with Gasteiger partial charge >= 0.3 is 5.97 Å². The number of carboxylic acids is 1. The normalized spacial score (nSPS) is 12.8. The molecule has 0 saturated carbocycles. The summed E-state index contributed by atoms with van der Waals surface area (Å²) < 4.78 is 0. The smallest absolute Gasteiger partial charge is 0.330 e. The SMILES string of the molecule is CC(N=NCCc1ccc(O)cc1)C(=O)O. The highest BCUT2D eigenvalue weighted by Crippen LogP contribution is 2.10. The predicted octanol–water partition coefficient (Wildman–Crippen LogP) is 1.86. The summed E-state index contributed by atoms with van der Waals surface area (Å²) in [6, 6.07) is 6.01. The lowest BCUT2D eigenvalue weighted by Crippen LogP contribution is -2.12. The molecule has 0 spiro atoms. The van der Waals surface area contributed by atoms with E-state index in [1.165, 1.54) is 6.92 Å². The number of azo groups is 1. The van der Waals surface area contributed by atoms with Crippen molar-refractivity contribution in [3.05, 3.63) is 29.8 Å². The van der Waals surface area contributed by atoms with Gasteiger partial charge in [0.2, 0.25) is 0 Å². The number of rotatable bonds is 5. The van der Waals surface area contributed by atoms with Gasteiger partial charge in [0.05, 0.1) is 6.54 Å². The largest absolute Gasteiger partial charge is 0.508 e. The Kier molecular flexibility index (Phi) is 4.44. The number of aliphatic carboxylic acids is 1. The molecule has 1 aromatic carbocycles. The molecule has 5 nitrogen and oxygen atoms in total. The molecule has 0 aromatic heterocycles. The maximum atomic E-state index is 10.4. The second-order valence-corrected chi connectivity index (χ2v) is 3.41. The molecular weight excluding hydrogens is 208 g/mol. The van der Waals surface area contributed by atoms with Gasteiger partial charge in [0.1, 0.15) is 5.75 Å². The first-order valence-electron chi connectivity index (χ1n) is 4.97. The molecule has 0 amide bonds. The number of hydrogen-bond acceptors (Lipinski definition) is 4. The Bertz CT molecular complexity index is 373. The van der Waals surface area contributed by atoms with Crippen LogP contribution in [0.25, 0.3) is 0 Å². The Morgan fingerprint density at radius 3 is 2.56 bits per heavy atom. The fraction of sp³-hybridized carbons (Fsp3) is 0.364. The molecular formula is C11H14N2O3. The summed E-state index contributed by atoms with van der Waals surface area (Å²) >= 11 is 0. The van der Waals surface area contributed by atoms with Crippen molar-refractivity contribution in [2.24, 2.45) is 10.2 Å². The molecule has 0 aliphatic carbocycles. The van der Waals surface area contributed by atoms with Crippen LogP contribution in [-0.4, -0.2) is 28.8 Å². The first kappa shape index (κ1) is 12.2. The molecule has 0 radical (unpaired) electrons. The van der Waals surface area contributed by atoms with Crippen LogP contribution < -0.4 is 0 Å². The summed E-state index contributed by atoms with van der Waals surface area (Å²) in [6.45, 7) is 1.93. The number of carboxylic acid groups (broad SMARTS) is 1. The minimum atomic E-state index is -0.978. The van der Waals surface area contributed by atoms with Gasteiger partial charge in [-0.1, -0.05) is 12.1 Å². The third-order valence-electron chi connectivity index (χ3n) is 2.05. The van der Waals surface area contributed by atoms with Gasteiger partial charge in [0, 0.05) is 0 Å². The maximum Gasteiger partial charge on any atom is 0.330 e. The fourth-order valence-electron chi connectivity index (χ4n) is 1.07. The summed E-state index contributed by atoms with van der Waals surface area (Å²) in [4.78, 5) is 10.4. The van der Waals surface area contributed by atoms with Crippen LogP contribution >= 0.6 is 0 Å². The van der Waals surface area contributed by atoms with Crippen molar-refractivity contribution in [1.29, 1.82) is 0 Å². The average molecular weight is 222 g/mol. The van der Waals surface area contributed by atoms with Gasteiger partial charge in [-0.15, -0.1) is 0 Å². The lowest BCUT2D eigenvalue weighted by atomic mass is 10.1. The number of benzene rings is 1. The molecule has 0 heterocycles. The summed E-state index contributed by atoms with van der Waals surface area (Å²) in [5.74, 6) is -0.752. The quantitative estimate of drug-likeness (QED) is 0.746. The van der Waals surface area contributed by atoms with Gasteiger partial charge in [0.15, 0.2) is 6.04 Å². The van der Waals surface area contributed by atoms with Crippen LogP contribution in [0.15, 0.2) is 34.5 Å². The van der Waals surface area contributed by atoms with Crippen LogP contribution in [0.5, 0.6) is 5.75 Å². The molecule has 0 aliphatic rings. The third-order valence-corrected chi connectivity index (χ3v) is 2.05. The highest BCUT2D eigenvalue weighted by Gasteiger charge is 2.07. The highest BCUT2D eigenvalue weighted by atomic mass is 16.4. The molecule has 5 heteroatoms. The molecule has 0 aliphatic heterocycles. The number of carbonyl (C=O) groups is 1. The molecule has 1 unspecified atom stereocenters. The maximum absolute atomic E-state index is 10.4. The van der Waals surface area contributed by atoms with Crippen LogP contribution in [0.2, 0.25) is 0 Å². The van der Waals surface area contributed by atoms with Crippen molar-refractivity contribution in [2.75, 3.05) is 6.54 Å². The minimum absolute atomic E-state index is 0.227. The van der Waals surface area contributed by atoms with Crippen molar-refractivity contribution in [1.82, 2.24) is 0 Å². The van der Waals surface area contributed by atoms with Crippen molar-refractivity contribution in [3.63, 3.8) is 0 Å². The fourth-order valence-corrected chi connectivity index (χ4v) is 1.07. The first-order valence-corrected chi connectivity index (χ1v) is 4.97. The van der Waals surface area contributed by atoms with E-state index < -0.39 is 12.0 Å². The molecule has 16 heavy (non-hydrogen) atoms. The Labute approximate surface area is 93.5 Å². The average Bonchev–Trinajstić information content (AvgIpc) is 2.26. The van der Waals surface area contributed by atoms with Crippen molar-refractivity contribution >= 4 is 5.97 Å². The van der Waals surface area contributed by atoms with E-state index in [0.717, 1.165) is 5.56 Å². The predicted molar refractivity (Wildman–Crippen MR) is 58.6 cm³/mol. The molecule has 0 saturated heterocycles. The number of phenols is 1. The van der Waals surface area contributed by atoms with Crippen molar-refractivity contribution in [3.8, 4) is 5.75 Å². The molecule has 86 valence electrons. The van der Waals surface area contributed by atoms with E-state index in [2.05, 4.69) is 10.2 Å². The van der Waals surface area contributed by atoms with Crippen LogP contribution in [0, 0.1) is 0 Å². The lowest BCUT2D eigenvalue weighted by Gasteiger charge is -1.99. The highest BCUT2D eigenvalue weighted by molar-refractivity contribution is 5.72. The molecule has 1 atom stereocenters. The summed E-state index contributed by atoms with van der Waals surface area (Å²) in [5, 5.41) is 25.0. The zero-order chi connectivity index (χ0) is 12.0. The summed E-state index contributed by atoms with van der Waals surface area (Å²) in [6.07, 6.45) is 0.677. The first-order chi connectivity index (χ1) is 7.59. The monoisotopic (exact) mass is 222 g/mol. The van der Waals surface area contributed by atoms with Crippen molar-refractivity contribution in [2.45, 2.75) is 19.4 Å². The zero-order valence-electron chi connectivity index (χ0n) is 9.00. The Morgan fingerprint density at radius 1 is 1.38 bits per heavy atom. The van der Waals surface area contributed by atoms with E-state index in [4.69, 9.17) is 10.2 Å². The molecule has 0 bridgehead atoms. The van der Waals surface area contributed by atoms with Gasteiger partial charge < -0.3 is 10.2 Å². The van der Waals surface area contributed by atoms with E-state index in [1.807, 2.05) is 0 Å². The second kappa shape index (κ2) is 5.85. The molecule has 1 rings (SSSR count). The Morgan fingerprint density at radius 2 is 2.00 bits per heavy atom. The third kappa shape index (κ3) is 4.08. The number of nitrogens with zero attached hydrogens (tertiary/aromatic N) is 2. The molecule has 2 N–H and O–H groups in total.